The third-order valence-corrected chi connectivity index (χ3v) is 6.02. The van der Waals surface area contributed by atoms with E-state index in [0.29, 0.717) is 6.54 Å². The molecule has 6 heteroatoms. The van der Waals surface area contributed by atoms with E-state index in [4.69, 9.17) is 4.98 Å². The predicted molar refractivity (Wildman–Crippen MR) is 101 cm³/mol. The number of aryl methyl sites for hydroxylation is 2. The molecule has 0 saturated carbocycles. The van der Waals surface area contributed by atoms with Crippen molar-refractivity contribution in [2.24, 2.45) is 0 Å². The Labute approximate surface area is 147 Å². The molecule has 3 heterocycles. The summed E-state index contributed by atoms with van der Waals surface area (Å²) in [6.07, 6.45) is 3.89. The molecule has 0 aliphatic carbocycles. The average molecular weight is 349 g/mol. The first kappa shape index (κ1) is 17.6. The maximum absolute atomic E-state index is 13.1. The van der Waals surface area contributed by atoms with Crippen LogP contribution in [0, 0.1) is 13.8 Å². The lowest BCUT2D eigenvalue weighted by Crippen LogP contribution is -2.36. The van der Waals surface area contributed by atoms with E-state index in [0.717, 1.165) is 47.8 Å². The Hall–Kier alpha value is -1.24. The lowest BCUT2D eigenvalue weighted by atomic mass is 10.1. The summed E-state index contributed by atoms with van der Waals surface area (Å²) in [5.41, 5.74) is 1.23. The fourth-order valence-electron chi connectivity index (χ4n) is 3.43. The number of rotatable bonds is 5. The minimum Gasteiger partial charge on any atom is -0.302 e. The van der Waals surface area contributed by atoms with Gasteiger partial charge in [-0.2, -0.15) is 0 Å². The van der Waals surface area contributed by atoms with Gasteiger partial charge in [0.2, 0.25) is 0 Å². The number of piperidine rings is 1. The summed E-state index contributed by atoms with van der Waals surface area (Å²) in [5.74, 6) is 0.885. The number of thiophene rings is 1. The van der Waals surface area contributed by atoms with E-state index in [1.165, 1.54) is 24.1 Å². The molecule has 24 heavy (non-hydrogen) atoms. The Morgan fingerprint density at radius 3 is 2.50 bits per heavy atom. The SMILES string of the molecule is Cc1sc2nc(CN(C)C)n(CCN3CCCCC3)c(=O)c2c1C. The van der Waals surface area contributed by atoms with Crippen molar-refractivity contribution in [1.29, 1.82) is 0 Å². The Morgan fingerprint density at radius 2 is 1.83 bits per heavy atom. The number of fused-ring (bicyclic) bond motifs is 1. The summed E-state index contributed by atoms with van der Waals surface area (Å²) in [5, 5.41) is 0.818. The first-order chi connectivity index (χ1) is 11.5. The molecule has 2 aromatic heterocycles. The van der Waals surface area contributed by atoms with Gasteiger partial charge in [-0.25, -0.2) is 4.98 Å². The minimum absolute atomic E-state index is 0.135. The molecule has 0 N–H and O–H groups in total. The van der Waals surface area contributed by atoms with Crippen molar-refractivity contribution in [2.75, 3.05) is 33.7 Å². The molecule has 5 nitrogen and oxygen atoms in total. The van der Waals surface area contributed by atoms with Crippen LogP contribution in [0.4, 0.5) is 0 Å². The zero-order valence-corrected chi connectivity index (χ0v) is 16.1. The first-order valence-corrected chi connectivity index (χ1v) is 9.65. The fourth-order valence-corrected chi connectivity index (χ4v) is 4.47. The molecule has 1 fully saturated rings. The van der Waals surface area contributed by atoms with Crippen molar-refractivity contribution in [3.05, 3.63) is 26.6 Å². The molecule has 1 aliphatic rings. The Balaban J connectivity index is 1.97. The van der Waals surface area contributed by atoms with E-state index in [2.05, 4.69) is 16.7 Å². The van der Waals surface area contributed by atoms with Gasteiger partial charge in [-0.3, -0.25) is 9.36 Å². The molecule has 0 aromatic carbocycles. The van der Waals surface area contributed by atoms with Gasteiger partial charge in [0.25, 0.3) is 5.56 Å². The molecule has 0 bridgehead atoms. The molecule has 0 unspecified atom stereocenters. The largest absolute Gasteiger partial charge is 0.302 e. The summed E-state index contributed by atoms with van der Waals surface area (Å²) in [7, 11) is 4.05. The molecule has 2 aromatic rings. The molecular formula is C18H28N4OS. The zero-order valence-electron chi connectivity index (χ0n) is 15.3. The number of aromatic nitrogens is 2. The average Bonchev–Trinajstić information content (AvgIpc) is 2.82. The Bertz CT molecular complexity index is 771. The Kier molecular flexibility index (Phi) is 5.37. The van der Waals surface area contributed by atoms with Crippen LogP contribution in [0.15, 0.2) is 4.79 Å². The molecule has 1 aliphatic heterocycles. The molecule has 0 radical (unpaired) electrons. The van der Waals surface area contributed by atoms with Gasteiger partial charge in [-0.15, -0.1) is 11.3 Å². The zero-order chi connectivity index (χ0) is 17.3. The van der Waals surface area contributed by atoms with E-state index in [1.54, 1.807) is 11.3 Å². The molecule has 0 amide bonds. The molecule has 132 valence electrons. The summed E-state index contributed by atoms with van der Waals surface area (Å²) in [4.78, 5) is 24.6. The van der Waals surface area contributed by atoms with Crippen molar-refractivity contribution in [3.63, 3.8) is 0 Å². The smallest absolute Gasteiger partial charge is 0.262 e. The summed E-state index contributed by atoms with van der Waals surface area (Å²) in [6.45, 7) is 8.80. The molecular weight excluding hydrogens is 320 g/mol. The van der Waals surface area contributed by atoms with Crippen molar-refractivity contribution >= 4 is 21.6 Å². The van der Waals surface area contributed by atoms with E-state index < -0.39 is 0 Å². The van der Waals surface area contributed by atoms with Crippen LogP contribution in [0.25, 0.3) is 10.2 Å². The summed E-state index contributed by atoms with van der Waals surface area (Å²) < 4.78 is 1.91. The molecule has 1 saturated heterocycles. The molecule has 0 spiro atoms. The van der Waals surface area contributed by atoms with Crippen LogP contribution < -0.4 is 5.56 Å². The van der Waals surface area contributed by atoms with Crippen LogP contribution in [0.3, 0.4) is 0 Å². The highest BCUT2D eigenvalue weighted by atomic mass is 32.1. The Morgan fingerprint density at radius 1 is 1.12 bits per heavy atom. The third kappa shape index (κ3) is 3.55. The lowest BCUT2D eigenvalue weighted by Gasteiger charge is -2.27. The lowest BCUT2D eigenvalue weighted by molar-refractivity contribution is 0.218. The standard InChI is InChI=1S/C18H28N4OS/c1-13-14(2)24-17-16(13)18(23)22(15(19-17)12-20(3)4)11-10-21-8-6-5-7-9-21/h5-12H2,1-4H3. The van der Waals surface area contributed by atoms with Crippen LogP contribution in [0.2, 0.25) is 0 Å². The van der Waals surface area contributed by atoms with Gasteiger partial charge in [0.15, 0.2) is 0 Å². The molecule has 3 rings (SSSR count). The van der Waals surface area contributed by atoms with Crippen molar-refractivity contribution < 1.29 is 0 Å². The topological polar surface area (TPSA) is 41.4 Å². The van der Waals surface area contributed by atoms with Gasteiger partial charge >= 0.3 is 0 Å². The first-order valence-electron chi connectivity index (χ1n) is 8.84. The maximum atomic E-state index is 13.1. The van der Waals surface area contributed by atoms with E-state index in [9.17, 15) is 4.79 Å². The highest BCUT2D eigenvalue weighted by Gasteiger charge is 2.18. The van der Waals surface area contributed by atoms with E-state index in [-0.39, 0.29) is 5.56 Å². The number of hydrogen-bond donors (Lipinski definition) is 0. The normalized spacial score (nSPS) is 16.4. The highest BCUT2D eigenvalue weighted by molar-refractivity contribution is 7.18. The van der Waals surface area contributed by atoms with Crippen LogP contribution in [0.1, 0.15) is 35.5 Å². The monoisotopic (exact) mass is 348 g/mol. The second-order valence-corrected chi connectivity index (χ2v) is 8.29. The fraction of sp³-hybridized carbons (Fsp3) is 0.667. The molecule has 0 atom stereocenters. The summed E-state index contributed by atoms with van der Waals surface area (Å²) >= 11 is 1.64. The second kappa shape index (κ2) is 7.33. The minimum atomic E-state index is 0.135. The van der Waals surface area contributed by atoms with E-state index >= 15 is 0 Å². The quantitative estimate of drug-likeness (QED) is 0.833. The highest BCUT2D eigenvalue weighted by Crippen LogP contribution is 2.26. The van der Waals surface area contributed by atoms with Gasteiger partial charge in [-0.05, 0) is 59.4 Å². The van der Waals surface area contributed by atoms with Crippen LogP contribution in [-0.4, -0.2) is 53.1 Å². The van der Waals surface area contributed by atoms with Gasteiger partial charge < -0.3 is 9.80 Å². The van der Waals surface area contributed by atoms with Gasteiger partial charge in [0.1, 0.15) is 10.7 Å². The van der Waals surface area contributed by atoms with Crippen molar-refractivity contribution in [3.8, 4) is 0 Å². The van der Waals surface area contributed by atoms with Crippen LogP contribution in [-0.2, 0) is 13.1 Å². The van der Waals surface area contributed by atoms with Gasteiger partial charge in [0, 0.05) is 18.0 Å². The second-order valence-electron chi connectivity index (χ2n) is 7.09. The third-order valence-electron chi connectivity index (χ3n) is 4.91. The number of hydrogen-bond acceptors (Lipinski definition) is 5. The van der Waals surface area contributed by atoms with E-state index in [1.807, 2.05) is 25.6 Å². The summed E-state index contributed by atoms with van der Waals surface area (Å²) in [6, 6.07) is 0. The predicted octanol–water partition coefficient (Wildman–Crippen LogP) is 2.62. The van der Waals surface area contributed by atoms with Crippen molar-refractivity contribution in [1.82, 2.24) is 19.4 Å². The number of likely N-dealkylation sites (tertiary alicyclic amines) is 1. The van der Waals surface area contributed by atoms with Gasteiger partial charge in [-0.1, -0.05) is 6.42 Å². The van der Waals surface area contributed by atoms with Gasteiger partial charge in [0.05, 0.1) is 11.9 Å². The number of nitrogens with zero attached hydrogens (tertiary/aromatic N) is 4. The van der Waals surface area contributed by atoms with Crippen molar-refractivity contribution in [2.45, 2.75) is 46.2 Å². The van der Waals surface area contributed by atoms with Crippen LogP contribution in [0.5, 0.6) is 0 Å². The van der Waals surface area contributed by atoms with Crippen LogP contribution >= 0.6 is 11.3 Å². The maximum Gasteiger partial charge on any atom is 0.262 e.